The van der Waals surface area contributed by atoms with Gasteiger partial charge in [0.15, 0.2) is 0 Å². The summed E-state index contributed by atoms with van der Waals surface area (Å²) in [6.45, 7) is 6.87. The molecule has 1 saturated heterocycles. The van der Waals surface area contributed by atoms with Gasteiger partial charge in [0.1, 0.15) is 0 Å². The van der Waals surface area contributed by atoms with Crippen LogP contribution < -0.4 is 10.2 Å². The first-order chi connectivity index (χ1) is 6.74. The Morgan fingerprint density at radius 3 is 2.64 bits per heavy atom. The highest BCUT2D eigenvalue weighted by Crippen LogP contribution is 1.91. The molecule has 1 aliphatic rings. The highest BCUT2D eigenvalue weighted by atomic mass is 16.2. The molecule has 0 saturated carbocycles. The van der Waals surface area contributed by atoms with E-state index in [0.29, 0.717) is 0 Å². The fraction of sp³-hybridized carbons (Fsp3) is 0.900. The highest BCUT2D eigenvalue weighted by Gasteiger charge is 2.20. The van der Waals surface area contributed by atoms with E-state index < -0.39 is 0 Å². The van der Waals surface area contributed by atoms with Crippen molar-refractivity contribution in [3.63, 3.8) is 0 Å². The molecule has 0 unspecified atom stereocenters. The summed E-state index contributed by atoms with van der Waals surface area (Å²) >= 11 is 0. The lowest BCUT2D eigenvalue weighted by Crippen LogP contribution is -3.12. The third-order valence-electron chi connectivity index (χ3n) is 2.71. The molecule has 2 amide bonds. The van der Waals surface area contributed by atoms with E-state index in [1.807, 2.05) is 4.90 Å². The third kappa shape index (κ3) is 3.54. The van der Waals surface area contributed by atoms with Gasteiger partial charge in [0.05, 0.1) is 33.2 Å². The zero-order valence-electron chi connectivity index (χ0n) is 9.31. The molecule has 1 aliphatic heterocycles. The first-order valence-electron chi connectivity index (χ1n) is 5.58. The van der Waals surface area contributed by atoms with Crippen molar-refractivity contribution in [2.24, 2.45) is 0 Å². The van der Waals surface area contributed by atoms with E-state index in [9.17, 15) is 4.79 Å². The summed E-state index contributed by atoms with van der Waals surface area (Å²) in [7, 11) is 2.17. The van der Waals surface area contributed by atoms with Gasteiger partial charge in [-0.2, -0.15) is 0 Å². The van der Waals surface area contributed by atoms with E-state index in [1.165, 1.54) is 4.90 Å². The first-order valence-corrected chi connectivity index (χ1v) is 5.58. The average molecular weight is 200 g/mol. The van der Waals surface area contributed by atoms with Crippen LogP contribution in [0, 0.1) is 0 Å². The van der Waals surface area contributed by atoms with E-state index in [-0.39, 0.29) is 6.03 Å². The zero-order chi connectivity index (χ0) is 10.4. The van der Waals surface area contributed by atoms with Crippen LogP contribution in [0.1, 0.15) is 19.8 Å². The number of urea groups is 1. The predicted octanol–water partition coefficient (Wildman–Crippen LogP) is -0.674. The Morgan fingerprint density at radius 1 is 1.43 bits per heavy atom. The number of unbranched alkanes of at least 4 members (excludes halogenated alkanes) is 1. The number of hydrogen-bond donors (Lipinski definition) is 2. The maximum absolute atomic E-state index is 11.6. The predicted molar refractivity (Wildman–Crippen MR) is 56.5 cm³/mol. The summed E-state index contributed by atoms with van der Waals surface area (Å²) in [4.78, 5) is 15.0. The normalized spacial score (nSPS) is 18.3. The van der Waals surface area contributed by atoms with E-state index in [1.54, 1.807) is 0 Å². The van der Waals surface area contributed by atoms with Crippen LogP contribution in [0.2, 0.25) is 0 Å². The molecule has 0 bridgehead atoms. The summed E-state index contributed by atoms with van der Waals surface area (Å²) in [5.74, 6) is 0. The number of amides is 2. The second kappa shape index (κ2) is 5.86. The Hall–Kier alpha value is -0.770. The molecule has 82 valence electrons. The Kier molecular flexibility index (Phi) is 4.73. The van der Waals surface area contributed by atoms with Gasteiger partial charge in [0, 0.05) is 6.54 Å². The number of piperazine rings is 1. The number of nitrogens with zero attached hydrogens (tertiary/aromatic N) is 1. The van der Waals surface area contributed by atoms with E-state index in [0.717, 1.165) is 45.6 Å². The fourth-order valence-corrected chi connectivity index (χ4v) is 1.58. The van der Waals surface area contributed by atoms with Gasteiger partial charge in [-0.05, 0) is 6.42 Å². The summed E-state index contributed by atoms with van der Waals surface area (Å²) in [5.41, 5.74) is 0. The topological polar surface area (TPSA) is 36.8 Å². The summed E-state index contributed by atoms with van der Waals surface area (Å²) in [5, 5.41) is 2.95. The number of hydrogen-bond acceptors (Lipinski definition) is 1. The van der Waals surface area contributed by atoms with Gasteiger partial charge in [-0.25, -0.2) is 4.79 Å². The van der Waals surface area contributed by atoms with Crippen LogP contribution in [-0.4, -0.2) is 50.7 Å². The fourth-order valence-electron chi connectivity index (χ4n) is 1.58. The number of carbonyl (C=O) groups is 1. The number of nitrogens with one attached hydrogen (secondary N) is 2. The molecular formula is C10H22N3O+. The molecule has 0 spiro atoms. The zero-order valence-corrected chi connectivity index (χ0v) is 9.31. The summed E-state index contributed by atoms with van der Waals surface area (Å²) in [6.07, 6.45) is 2.21. The van der Waals surface area contributed by atoms with Gasteiger partial charge >= 0.3 is 6.03 Å². The Bertz CT molecular complexity index is 176. The minimum absolute atomic E-state index is 0.117. The molecule has 4 nitrogen and oxygen atoms in total. The van der Waals surface area contributed by atoms with Gasteiger partial charge < -0.3 is 15.1 Å². The van der Waals surface area contributed by atoms with E-state index >= 15 is 0 Å². The molecule has 0 atom stereocenters. The van der Waals surface area contributed by atoms with E-state index in [4.69, 9.17) is 0 Å². The monoisotopic (exact) mass is 200 g/mol. The smallest absolute Gasteiger partial charge is 0.317 e. The van der Waals surface area contributed by atoms with Gasteiger partial charge in [-0.1, -0.05) is 13.3 Å². The van der Waals surface area contributed by atoms with Crippen molar-refractivity contribution in [3.05, 3.63) is 0 Å². The van der Waals surface area contributed by atoms with Gasteiger partial charge in [-0.3, -0.25) is 0 Å². The summed E-state index contributed by atoms with van der Waals surface area (Å²) < 4.78 is 0. The first kappa shape index (κ1) is 11.3. The van der Waals surface area contributed by atoms with Crippen LogP contribution in [0.15, 0.2) is 0 Å². The van der Waals surface area contributed by atoms with Crippen LogP contribution in [0.25, 0.3) is 0 Å². The quantitative estimate of drug-likeness (QED) is 0.582. The molecule has 0 aromatic carbocycles. The van der Waals surface area contributed by atoms with Crippen molar-refractivity contribution in [1.29, 1.82) is 0 Å². The Labute approximate surface area is 86.2 Å². The highest BCUT2D eigenvalue weighted by molar-refractivity contribution is 5.74. The summed E-state index contributed by atoms with van der Waals surface area (Å²) in [6, 6.07) is 0.117. The second-order valence-corrected chi connectivity index (χ2v) is 4.03. The maximum Gasteiger partial charge on any atom is 0.317 e. The molecule has 0 aromatic rings. The third-order valence-corrected chi connectivity index (χ3v) is 2.71. The minimum atomic E-state index is 0.117. The van der Waals surface area contributed by atoms with E-state index in [2.05, 4.69) is 19.3 Å². The lowest BCUT2D eigenvalue weighted by molar-refractivity contribution is -0.883. The van der Waals surface area contributed by atoms with Crippen LogP contribution in [0.4, 0.5) is 4.79 Å². The molecule has 0 radical (unpaired) electrons. The van der Waals surface area contributed by atoms with Crippen molar-refractivity contribution in [2.45, 2.75) is 19.8 Å². The minimum Gasteiger partial charge on any atom is -0.338 e. The SMILES string of the molecule is CCCCNC(=O)N1CC[NH+](C)CC1. The van der Waals surface area contributed by atoms with Crippen molar-refractivity contribution >= 4 is 6.03 Å². The molecule has 0 aromatic heterocycles. The van der Waals surface area contributed by atoms with Gasteiger partial charge in [0.2, 0.25) is 0 Å². The molecule has 0 aliphatic carbocycles. The lowest BCUT2D eigenvalue weighted by atomic mass is 10.3. The average Bonchev–Trinajstić information content (AvgIpc) is 2.19. The van der Waals surface area contributed by atoms with Crippen molar-refractivity contribution in [1.82, 2.24) is 10.2 Å². The van der Waals surface area contributed by atoms with Gasteiger partial charge in [-0.15, -0.1) is 0 Å². The van der Waals surface area contributed by atoms with Crippen LogP contribution >= 0.6 is 0 Å². The molecular weight excluding hydrogens is 178 g/mol. The molecule has 14 heavy (non-hydrogen) atoms. The molecule has 4 heteroatoms. The second-order valence-electron chi connectivity index (χ2n) is 4.03. The Morgan fingerprint density at radius 2 is 2.07 bits per heavy atom. The molecule has 1 heterocycles. The number of carbonyl (C=O) groups excluding carboxylic acids is 1. The Balaban J connectivity index is 2.17. The van der Waals surface area contributed by atoms with Crippen LogP contribution in [-0.2, 0) is 0 Å². The molecule has 1 rings (SSSR count). The largest absolute Gasteiger partial charge is 0.338 e. The maximum atomic E-state index is 11.6. The number of quaternary nitrogens is 1. The molecule has 1 fully saturated rings. The van der Waals surface area contributed by atoms with Crippen LogP contribution in [0.5, 0.6) is 0 Å². The van der Waals surface area contributed by atoms with Crippen molar-refractivity contribution < 1.29 is 9.69 Å². The lowest BCUT2D eigenvalue weighted by Gasteiger charge is -2.30. The number of likely N-dealkylation sites (N-methyl/N-ethyl adjacent to an activating group) is 1. The van der Waals surface area contributed by atoms with Crippen LogP contribution in [0.3, 0.4) is 0 Å². The van der Waals surface area contributed by atoms with Gasteiger partial charge in [0.25, 0.3) is 0 Å². The number of rotatable bonds is 3. The van der Waals surface area contributed by atoms with Crippen molar-refractivity contribution in [3.8, 4) is 0 Å². The molecule has 2 N–H and O–H groups in total. The van der Waals surface area contributed by atoms with Crippen molar-refractivity contribution in [2.75, 3.05) is 39.8 Å². The standard InChI is InChI=1S/C10H21N3O/c1-3-4-5-11-10(14)13-8-6-12(2)7-9-13/h3-9H2,1-2H3,(H,11,14)/p+1.